The molecule has 0 radical (unpaired) electrons. The molecule has 2 atom stereocenters. The molecular weight excluding hydrogens is 420 g/mol. The van der Waals surface area contributed by atoms with E-state index in [-0.39, 0.29) is 35.4 Å². The lowest BCUT2D eigenvalue weighted by atomic mass is 9.96. The summed E-state index contributed by atoms with van der Waals surface area (Å²) in [5.74, 6) is -0.432. The zero-order valence-electron chi connectivity index (χ0n) is 18.0. The number of sulfonamides is 1. The molecule has 1 aromatic rings. The minimum Gasteiger partial charge on any atom is -0.376 e. The van der Waals surface area contributed by atoms with Gasteiger partial charge in [-0.25, -0.2) is 12.7 Å². The average Bonchev–Trinajstić information content (AvgIpc) is 3.28. The van der Waals surface area contributed by atoms with E-state index < -0.39 is 10.0 Å². The first kappa shape index (κ1) is 22.0. The first-order valence-corrected chi connectivity index (χ1v) is 12.3. The molecule has 2 unspecified atom stereocenters. The Morgan fingerprint density at radius 1 is 1.19 bits per heavy atom. The molecule has 1 N–H and O–H groups in total. The van der Waals surface area contributed by atoms with Crippen molar-refractivity contribution in [1.82, 2.24) is 9.62 Å². The van der Waals surface area contributed by atoms with Crippen LogP contribution in [0.1, 0.15) is 32.1 Å². The van der Waals surface area contributed by atoms with Gasteiger partial charge in [-0.1, -0.05) is 0 Å². The number of benzene rings is 1. The van der Waals surface area contributed by atoms with Crippen molar-refractivity contribution in [3.63, 3.8) is 0 Å². The Morgan fingerprint density at radius 2 is 2.00 bits per heavy atom. The number of nitrogens with one attached hydrogen (secondary N) is 1. The van der Waals surface area contributed by atoms with Crippen molar-refractivity contribution < 1.29 is 22.7 Å². The molecule has 0 bridgehead atoms. The number of carbonyl (C=O) groups excluding carboxylic acids is 2. The molecule has 2 fully saturated rings. The molecule has 31 heavy (non-hydrogen) atoms. The van der Waals surface area contributed by atoms with Gasteiger partial charge in [0.1, 0.15) is 12.6 Å². The van der Waals surface area contributed by atoms with Gasteiger partial charge in [-0.2, -0.15) is 0 Å². The molecule has 10 heteroatoms. The van der Waals surface area contributed by atoms with Crippen molar-refractivity contribution in [2.45, 2.75) is 49.1 Å². The van der Waals surface area contributed by atoms with Crippen molar-refractivity contribution >= 4 is 33.2 Å². The summed E-state index contributed by atoms with van der Waals surface area (Å²) in [5, 5.41) is 2.86. The van der Waals surface area contributed by atoms with Crippen molar-refractivity contribution in [3.8, 4) is 0 Å². The number of nitrogens with zero attached hydrogens (tertiary/aromatic N) is 3. The Morgan fingerprint density at radius 3 is 2.71 bits per heavy atom. The third-order valence-corrected chi connectivity index (χ3v) is 8.04. The first-order valence-electron chi connectivity index (χ1n) is 10.8. The Hall–Kier alpha value is -2.17. The molecule has 3 aliphatic heterocycles. The molecule has 3 aliphatic rings. The Bertz CT molecular complexity index is 959. The van der Waals surface area contributed by atoms with Gasteiger partial charge < -0.3 is 15.0 Å². The van der Waals surface area contributed by atoms with Crippen LogP contribution in [-0.2, 0) is 24.3 Å². The quantitative estimate of drug-likeness (QED) is 0.693. The van der Waals surface area contributed by atoms with Crippen LogP contribution in [0.5, 0.6) is 0 Å². The summed E-state index contributed by atoms with van der Waals surface area (Å²) in [6, 6.07) is 4.53. The van der Waals surface area contributed by atoms with E-state index in [1.54, 1.807) is 12.1 Å². The van der Waals surface area contributed by atoms with Crippen molar-refractivity contribution in [3.05, 3.63) is 18.2 Å². The Labute approximate surface area is 183 Å². The molecule has 3 heterocycles. The maximum Gasteiger partial charge on any atom is 0.250 e. The van der Waals surface area contributed by atoms with Crippen molar-refractivity contribution in [2.24, 2.45) is 0 Å². The standard InChI is InChI=1S/C21H30N4O5S/c1-23(2)31(28,29)16-8-9-17-19(12-16)25(21(27)18-7-3-4-10-24(17)18)14-20(26)22-13-15-6-5-11-30-15/h8-9,12,15,18H,3-7,10-11,13-14H2,1-2H3,(H,22,26). The zero-order valence-corrected chi connectivity index (χ0v) is 18.9. The van der Waals surface area contributed by atoms with Crippen LogP contribution in [0.3, 0.4) is 0 Å². The molecule has 0 saturated carbocycles. The van der Waals surface area contributed by atoms with Gasteiger partial charge >= 0.3 is 0 Å². The number of hydrogen-bond acceptors (Lipinski definition) is 6. The largest absolute Gasteiger partial charge is 0.376 e. The van der Waals surface area contributed by atoms with Crippen LogP contribution < -0.4 is 15.1 Å². The smallest absolute Gasteiger partial charge is 0.250 e. The second-order valence-corrected chi connectivity index (χ2v) is 10.7. The molecule has 0 aromatic heterocycles. The number of amides is 2. The fourth-order valence-corrected chi connectivity index (χ4v) is 5.43. The molecular formula is C21H30N4O5S. The normalized spacial score (nSPS) is 23.6. The highest BCUT2D eigenvalue weighted by atomic mass is 32.2. The second kappa shape index (κ2) is 8.76. The zero-order chi connectivity index (χ0) is 22.2. The van der Waals surface area contributed by atoms with E-state index >= 15 is 0 Å². The topological polar surface area (TPSA) is 99.3 Å². The fraction of sp³-hybridized carbons (Fsp3) is 0.619. The summed E-state index contributed by atoms with van der Waals surface area (Å²) in [6.07, 6.45) is 4.56. The van der Waals surface area contributed by atoms with Crippen LogP contribution in [0, 0.1) is 0 Å². The van der Waals surface area contributed by atoms with Gasteiger partial charge in [0.25, 0.3) is 0 Å². The van der Waals surface area contributed by atoms with Crippen LogP contribution in [0.15, 0.2) is 23.1 Å². The van der Waals surface area contributed by atoms with Gasteiger partial charge in [0.2, 0.25) is 21.8 Å². The molecule has 170 valence electrons. The SMILES string of the molecule is CN(C)S(=O)(=O)c1ccc2c(c1)N(CC(=O)NCC1CCCO1)C(=O)C1CCCCN21. The summed E-state index contributed by atoms with van der Waals surface area (Å²) in [6.45, 7) is 1.72. The van der Waals surface area contributed by atoms with E-state index in [4.69, 9.17) is 4.74 Å². The van der Waals surface area contributed by atoms with Crippen LogP contribution in [-0.4, -0.2) is 77.0 Å². The van der Waals surface area contributed by atoms with Crippen molar-refractivity contribution in [2.75, 3.05) is 50.1 Å². The van der Waals surface area contributed by atoms with Gasteiger partial charge in [-0.15, -0.1) is 0 Å². The third-order valence-electron chi connectivity index (χ3n) is 6.23. The third kappa shape index (κ3) is 4.28. The number of piperidine rings is 1. The molecule has 2 saturated heterocycles. The molecule has 2 amide bonds. The van der Waals surface area contributed by atoms with E-state index in [0.29, 0.717) is 18.8 Å². The Kier molecular flexibility index (Phi) is 6.23. The number of anilines is 2. The van der Waals surface area contributed by atoms with E-state index in [9.17, 15) is 18.0 Å². The molecule has 0 spiro atoms. The Balaban J connectivity index is 1.63. The summed E-state index contributed by atoms with van der Waals surface area (Å²) in [4.78, 5) is 29.6. The van der Waals surface area contributed by atoms with E-state index in [2.05, 4.69) is 5.32 Å². The van der Waals surface area contributed by atoms with E-state index in [1.165, 1.54) is 25.1 Å². The number of fused-ring (bicyclic) bond motifs is 3. The van der Waals surface area contributed by atoms with Crippen LogP contribution >= 0.6 is 0 Å². The predicted octanol–water partition coefficient (Wildman–Crippen LogP) is 0.938. The van der Waals surface area contributed by atoms with Crippen molar-refractivity contribution in [1.29, 1.82) is 0 Å². The number of ether oxygens (including phenoxy) is 1. The van der Waals surface area contributed by atoms with Crippen LogP contribution in [0.25, 0.3) is 0 Å². The van der Waals surface area contributed by atoms with E-state index in [0.717, 1.165) is 48.6 Å². The first-order chi connectivity index (χ1) is 14.8. The molecule has 9 nitrogen and oxygen atoms in total. The van der Waals surface area contributed by atoms with Crippen LogP contribution in [0.2, 0.25) is 0 Å². The summed E-state index contributed by atoms with van der Waals surface area (Å²) in [7, 11) is -0.732. The summed E-state index contributed by atoms with van der Waals surface area (Å²) in [5.41, 5.74) is 1.27. The van der Waals surface area contributed by atoms with Gasteiger partial charge in [-0.3, -0.25) is 14.5 Å². The lowest BCUT2D eigenvalue weighted by Gasteiger charge is -2.45. The lowest BCUT2D eigenvalue weighted by Crippen LogP contribution is -2.57. The van der Waals surface area contributed by atoms with Gasteiger partial charge in [-0.05, 0) is 50.3 Å². The van der Waals surface area contributed by atoms with E-state index in [1.807, 2.05) is 4.90 Å². The number of hydrogen-bond donors (Lipinski definition) is 1. The highest BCUT2D eigenvalue weighted by Crippen LogP contribution is 2.40. The second-order valence-electron chi connectivity index (χ2n) is 8.51. The molecule has 0 aliphatic carbocycles. The van der Waals surface area contributed by atoms with Crippen LogP contribution in [0.4, 0.5) is 11.4 Å². The monoisotopic (exact) mass is 450 g/mol. The number of carbonyl (C=O) groups is 2. The highest BCUT2D eigenvalue weighted by Gasteiger charge is 2.40. The maximum absolute atomic E-state index is 13.3. The summed E-state index contributed by atoms with van der Waals surface area (Å²) < 4.78 is 32.0. The maximum atomic E-state index is 13.3. The number of rotatable bonds is 6. The van der Waals surface area contributed by atoms with Gasteiger partial charge in [0.15, 0.2) is 0 Å². The minimum atomic E-state index is -3.67. The van der Waals surface area contributed by atoms with Gasteiger partial charge in [0, 0.05) is 33.8 Å². The predicted molar refractivity (Wildman–Crippen MR) is 117 cm³/mol. The van der Waals surface area contributed by atoms with Gasteiger partial charge in [0.05, 0.1) is 22.4 Å². The molecule has 1 aromatic carbocycles. The lowest BCUT2D eigenvalue weighted by molar-refractivity contribution is -0.125. The highest BCUT2D eigenvalue weighted by molar-refractivity contribution is 7.89. The fourth-order valence-electron chi connectivity index (χ4n) is 4.50. The summed E-state index contributed by atoms with van der Waals surface area (Å²) >= 11 is 0. The molecule has 4 rings (SSSR count). The average molecular weight is 451 g/mol. The minimum absolute atomic E-state index is 0.0129.